The lowest BCUT2D eigenvalue weighted by Gasteiger charge is -2.15. The van der Waals surface area contributed by atoms with Crippen molar-refractivity contribution in [2.45, 2.75) is 12.5 Å². The lowest BCUT2D eigenvalue weighted by molar-refractivity contribution is 0.398. The summed E-state index contributed by atoms with van der Waals surface area (Å²) in [6, 6.07) is 4.18. The van der Waals surface area contributed by atoms with Crippen LogP contribution in [0.1, 0.15) is 17.4 Å². The molecule has 1 atom stereocenters. The largest absolute Gasteiger partial charge is 0.496 e. The molecule has 0 fully saturated rings. The van der Waals surface area contributed by atoms with Crippen molar-refractivity contribution in [3.05, 3.63) is 47.8 Å². The molecule has 17 heavy (non-hydrogen) atoms. The average Bonchev–Trinajstić information content (AvgIpc) is 2.81. The third-order valence-electron chi connectivity index (χ3n) is 2.57. The van der Waals surface area contributed by atoms with E-state index >= 15 is 0 Å². The van der Waals surface area contributed by atoms with E-state index in [1.807, 2.05) is 0 Å². The first-order valence-corrected chi connectivity index (χ1v) is 5.28. The van der Waals surface area contributed by atoms with E-state index in [0.29, 0.717) is 17.7 Å². The standard InChI is InChI=1S/C12H14FN3O/c1-17-10-4-2-3-8(13)12(10)9(14)7-11-15-5-6-16-11/h2-6,9H,7,14H2,1H3,(H,15,16). The van der Waals surface area contributed by atoms with E-state index in [4.69, 9.17) is 10.5 Å². The van der Waals surface area contributed by atoms with Crippen molar-refractivity contribution in [1.29, 1.82) is 0 Å². The summed E-state index contributed by atoms with van der Waals surface area (Å²) in [4.78, 5) is 7.01. The fourth-order valence-electron chi connectivity index (χ4n) is 1.78. The first-order chi connectivity index (χ1) is 8.22. The predicted octanol–water partition coefficient (Wildman–Crippen LogP) is 1.80. The third kappa shape index (κ3) is 2.45. The Bertz CT molecular complexity index is 485. The van der Waals surface area contributed by atoms with E-state index in [-0.39, 0.29) is 5.82 Å². The van der Waals surface area contributed by atoms with E-state index < -0.39 is 6.04 Å². The van der Waals surface area contributed by atoms with Crippen LogP contribution in [0.5, 0.6) is 5.75 Å². The Balaban J connectivity index is 2.26. The zero-order valence-electron chi connectivity index (χ0n) is 9.48. The summed E-state index contributed by atoms with van der Waals surface area (Å²) in [6.07, 6.45) is 3.78. The van der Waals surface area contributed by atoms with E-state index in [9.17, 15) is 4.39 Å². The van der Waals surface area contributed by atoms with E-state index in [1.54, 1.807) is 24.5 Å². The molecular formula is C12H14FN3O. The second kappa shape index (κ2) is 4.97. The Labute approximate surface area is 98.6 Å². The van der Waals surface area contributed by atoms with Gasteiger partial charge >= 0.3 is 0 Å². The van der Waals surface area contributed by atoms with Gasteiger partial charge in [0.05, 0.1) is 7.11 Å². The number of ether oxygens (including phenoxy) is 1. The van der Waals surface area contributed by atoms with Gasteiger partial charge in [0.25, 0.3) is 0 Å². The SMILES string of the molecule is COc1cccc(F)c1C(N)Cc1ncc[nH]1. The zero-order valence-corrected chi connectivity index (χ0v) is 9.48. The maximum absolute atomic E-state index is 13.7. The summed E-state index contributed by atoms with van der Waals surface area (Å²) in [7, 11) is 1.50. The normalized spacial score (nSPS) is 12.4. The van der Waals surface area contributed by atoms with Crippen LogP contribution in [-0.2, 0) is 6.42 Å². The van der Waals surface area contributed by atoms with E-state index in [2.05, 4.69) is 9.97 Å². The number of hydrogen-bond acceptors (Lipinski definition) is 3. The molecule has 0 aliphatic heterocycles. The number of halogens is 1. The molecule has 0 radical (unpaired) electrons. The monoisotopic (exact) mass is 235 g/mol. The fraction of sp³-hybridized carbons (Fsp3) is 0.250. The zero-order chi connectivity index (χ0) is 12.3. The Morgan fingerprint density at radius 2 is 2.35 bits per heavy atom. The molecule has 0 amide bonds. The fourth-order valence-corrected chi connectivity index (χ4v) is 1.78. The van der Waals surface area contributed by atoms with Gasteiger partial charge < -0.3 is 15.5 Å². The van der Waals surface area contributed by atoms with Crippen LogP contribution in [0, 0.1) is 5.82 Å². The highest BCUT2D eigenvalue weighted by Crippen LogP contribution is 2.27. The Kier molecular flexibility index (Phi) is 3.39. The number of methoxy groups -OCH3 is 1. The lowest BCUT2D eigenvalue weighted by Crippen LogP contribution is -2.17. The molecule has 90 valence electrons. The van der Waals surface area contributed by atoms with Crippen molar-refractivity contribution >= 4 is 0 Å². The first-order valence-electron chi connectivity index (χ1n) is 5.28. The molecule has 0 aliphatic carbocycles. The second-order valence-corrected chi connectivity index (χ2v) is 3.70. The third-order valence-corrected chi connectivity index (χ3v) is 2.57. The van der Waals surface area contributed by atoms with Crippen LogP contribution < -0.4 is 10.5 Å². The lowest BCUT2D eigenvalue weighted by atomic mass is 10.0. The minimum Gasteiger partial charge on any atom is -0.496 e. The smallest absolute Gasteiger partial charge is 0.131 e. The number of aromatic nitrogens is 2. The van der Waals surface area contributed by atoms with Gasteiger partial charge in [0, 0.05) is 30.4 Å². The number of rotatable bonds is 4. The maximum atomic E-state index is 13.7. The van der Waals surface area contributed by atoms with Gasteiger partial charge in [-0.1, -0.05) is 6.07 Å². The molecule has 2 rings (SSSR count). The molecule has 1 aromatic heterocycles. The minimum atomic E-state index is -0.489. The summed E-state index contributed by atoms with van der Waals surface area (Å²) in [5.41, 5.74) is 6.36. The number of imidazole rings is 1. The highest BCUT2D eigenvalue weighted by molar-refractivity contribution is 5.37. The molecule has 0 saturated heterocycles. The number of nitrogens with two attached hydrogens (primary N) is 1. The first kappa shape index (κ1) is 11.6. The van der Waals surface area contributed by atoms with Crippen LogP contribution >= 0.6 is 0 Å². The van der Waals surface area contributed by atoms with Crippen LogP contribution in [0.15, 0.2) is 30.6 Å². The van der Waals surface area contributed by atoms with Gasteiger partial charge in [-0.3, -0.25) is 0 Å². The summed E-state index contributed by atoms with van der Waals surface area (Å²) >= 11 is 0. The van der Waals surface area contributed by atoms with E-state index in [0.717, 1.165) is 5.82 Å². The minimum absolute atomic E-state index is 0.358. The van der Waals surface area contributed by atoms with Crippen molar-refractivity contribution < 1.29 is 9.13 Å². The number of aromatic amines is 1. The van der Waals surface area contributed by atoms with Crippen molar-refractivity contribution in [3.63, 3.8) is 0 Å². The van der Waals surface area contributed by atoms with Crippen LogP contribution in [-0.4, -0.2) is 17.1 Å². The average molecular weight is 235 g/mol. The summed E-state index contributed by atoms with van der Waals surface area (Å²) < 4.78 is 18.8. The van der Waals surface area contributed by atoms with Gasteiger partial charge in [0.1, 0.15) is 17.4 Å². The summed E-state index contributed by atoms with van der Waals surface area (Å²) in [6.45, 7) is 0. The number of H-pyrrole nitrogens is 1. The molecule has 2 aromatic rings. The van der Waals surface area contributed by atoms with Crippen molar-refractivity contribution in [2.75, 3.05) is 7.11 Å². The molecule has 0 aliphatic rings. The molecule has 3 N–H and O–H groups in total. The van der Waals surface area contributed by atoms with Gasteiger partial charge in [-0.25, -0.2) is 9.37 Å². The Morgan fingerprint density at radius 3 is 3.00 bits per heavy atom. The molecule has 1 unspecified atom stereocenters. The van der Waals surface area contributed by atoms with Gasteiger partial charge in [-0.15, -0.1) is 0 Å². The van der Waals surface area contributed by atoms with Crippen LogP contribution in [0.4, 0.5) is 4.39 Å². The number of nitrogens with one attached hydrogen (secondary N) is 1. The molecule has 1 aromatic carbocycles. The van der Waals surface area contributed by atoms with Crippen molar-refractivity contribution in [3.8, 4) is 5.75 Å². The van der Waals surface area contributed by atoms with Crippen molar-refractivity contribution in [2.24, 2.45) is 5.73 Å². The topological polar surface area (TPSA) is 63.9 Å². The number of benzene rings is 1. The van der Waals surface area contributed by atoms with Crippen LogP contribution in [0.25, 0.3) is 0 Å². The number of nitrogens with zero attached hydrogens (tertiary/aromatic N) is 1. The highest BCUT2D eigenvalue weighted by Gasteiger charge is 2.17. The van der Waals surface area contributed by atoms with E-state index in [1.165, 1.54) is 13.2 Å². The van der Waals surface area contributed by atoms with Gasteiger partial charge in [-0.2, -0.15) is 0 Å². The summed E-state index contributed by atoms with van der Waals surface area (Å²) in [5.74, 6) is 0.829. The number of hydrogen-bond donors (Lipinski definition) is 2. The van der Waals surface area contributed by atoms with Gasteiger partial charge in [0.15, 0.2) is 0 Å². The van der Waals surface area contributed by atoms with Gasteiger partial charge in [0.2, 0.25) is 0 Å². The second-order valence-electron chi connectivity index (χ2n) is 3.70. The molecule has 1 heterocycles. The summed E-state index contributed by atoms with van der Waals surface area (Å²) in [5, 5.41) is 0. The molecular weight excluding hydrogens is 221 g/mol. The molecule has 0 saturated carbocycles. The molecule has 0 spiro atoms. The molecule has 5 heteroatoms. The Hall–Kier alpha value is -1.88. The van der Waals surface area contributed by atoms with Crippen LogP contribution in [0.3, 0.4) is 0 Å². The quantitative estimate of drug-likeness (QED) is 0.849. The molecule has 0 bridgehead atoms. The van der Waals surface area contributed by atoms with Crippen molar-refractivity contribution in [1.82, 2.24) is 9.97 Å². The highest BCUT2D eigenvalue weighted by atomic mass is 19.1. The predicted molar refractivity (Wildman–Crippen MR) is 62.2 cm³/mol. The Morgan fingerprint density at radius 1 is 1.53 bits per heavy atom. The molecule has 4 nitrogen and oxygen atoms in total. The maximum Gasteiger partial charge on any atom is 0.131 e. The van der Waals surface area contributed by atoms with Gasteiger partial charge in [-0.05, 0) is 12.1 Å². The van der Waals surface area contributed by atoms with Crippen LogP contribution in [0.2, 0.25) is 0 Å².